The van der Waals surface area contributed by atoms with Crippen LogP contribution in [0.15, 0.2) is 24.3 Å². The van der Waals surface area contributed by atoms with Gasteiger partial charge in [-0.1, -0.05) is 23.7 Å². The molecule has 2 rings (SSSR count). The number of sulfone groups is 1. The number of benzene rings is 1. The monoisotopic (exact) mass is 333 g/mol. The fourth-order valence-corrected chi connectivity index (χ4v) is 4.58. The average molecular weight is 334 g/mol. The van der Waals surface area contributed by atoms with E-state index in [1.165, 1.54) is 0 Å². The second-order valence-electron chi connectivity index (χ2n) is 5.45. The predicted molar refractivity (Wildman–Crippen MR) is 82.0 cm³/mol. The second kappa shape index (κ2) is 7.07. The van der Waals surface area contributed by atoms with Gasteiger partial charge in [0.1, 0.15) is 0 Å². The Morgan fingerprint density at radius 3 is 2.76 bits per heavy atom. The molecule has 1 aromatic rings. The molecule has 21 heavy (non-hydrogen) atoms. The summed E-state index contributed by atoms with van der Waals surface area (Å²) in [6.07, 6.45) is -0.325. The topological polar surface area (TPSA) is 77.8 Å². The Kier molecular flexibility index (Phi) is 5.62. The lowest BCUT2D eigenvalue weighted by Crippen LogP contribution is -2.41. The van der Waals surface area contributed by atoms with E-state index in [1.54, 1.807) is 6.07 Å². The lowest BCUT2D eigenvalue weighted by Gasteiger charge is -2.29. The molecule has 0 bridgehead atoms. The summed E-state index contributed by atoms with van der Waals surface area (Å²) in [5.74, 6) is 0.282. The van der Waals surface area contributed by atoms with Crippen molar-refractivity contribution in [3.63, 3.8) is 0 Å². The first-order valence-corrected chi connectivity index (χ1v) is 9.07. The zero-order valence-corrected chi connectivity index (χ0v) is 13.2. The van der Waals surface area contributed by atoms with Crippen LogP contribution in [-0.2, 0) is 16.4 Å². The van der Waals surface area contributed by atoms with Gasteiger partial charge in [-0.25, -0.2) is 8.42 Å². The second-order valence-corrected chi connectivity index (χ2v) is 8.12. The molecule has 7 heteroatoms. The van der Waals surface area contributed by atoms with Crippen molar-refractivity contribution in [3.8, 4) is 0 Å². The number of halogens is 1. The molecule has 1 fully saturated rings. The molecule has 0 amide bonds. The SMILES string of the molecule is O=S1(=O)CC[C@H](N(Cc2cccc(Cl)c2)C[C@H](O)CO)C1. The van der Waals surface area contributed by atoms with Gasteiger partial charge in [0.2, 0.25) is 0 Å². The van der Waals surface area contributed by atoms with Gasteiger partial charge in [0.15, 0.2) is 9.84 Å². The largest absolute Gasteiger partial charge is 0.394 e. The Bertz CT molecular complexity index is 578. The summed E-state index contributed by atoms with van der Waals surface area (Å²) in [6, 6.07) is 7.22. The van der Waals surface area contributed by atoms with E-state index < -0.39 is 15.9 Å². The Hall–Kier alpha value is -0.660. The van der Waals surface area contributed by atoms with Crippen LogP contribution in [0.2, 0.25) is 5.02 Å². The summed E-state index contributed by atoms with van der Waals surface area (Å²) >= 11 is 5.96. The maximum absolute atomic E-state index is 11.6. The molecule has 2 N–H and O–H groups in total. The molecule has 118 valence electrons. The van der Waals surface area contributed by atoms with Crippen molar-refractivity contribution in [2.24, 2.45) is 0 Å². The van der Waals surface area contributed by atoms with Crippen LogP contribution in [0, 0.1) is 0 Å². The van der Waals surface area contributed by atoms with E-state index in [1.807, 2.05) is 23.1 Å². The molecule has 1 heterocycles. The summed E-state index contributed by atoms with van der Waals surface area (Å²) in [5.41, 5.74) is 0.955. The first-order valence-electron chi connectivity index (χ1n) is 6.87. The van der Waals surface area contributed by atoms with Gasteiger partial charge in [-0.3, -0.25) is 4.90 Å². The highest BCUT2D eigenvalue weighted by Gasteiger charge is 2.32. The highest BCUT2D eigenvalue weighted by atomic mass is 35.5. The smallest absolute Gasteiger partial charge is 0.151 e. The molecule has 0 saturated carbocycles. The Morgan fingerprint density at radius 2 is 2.19 bits per heavy atom. The van der Waals surface area contributed by atoms with Gasteiger partial charge in [-0.05, 0) is 24.1 Å². The van der Waals surface area contributed by atoms with Gasteiger partial charge in [-0.2, -0.15) is 0 Å². The van der Waals surface area contributed by atoms with E-state index in [0.29, 0.717) is 18.0 Å². The third-order valence-corrected chi connectivity index (χ3v) is 5.64. The highest BCUT2D eigenvalue weighted by Crippen LogP contribution is 2.21. The number of rotatable bonds is 6. The van der Waals surface area contributed by atoms with Crippen molar-refractivity contribution in [2.45, 2.75) is 25.1 Å². The molecule has 1 saturated heterocycles. The highest BCUT2D eigenvalue weighted by molar-refractivity contribution is 7.91. The maximum atomic E-state index is 11.6. The van der Waals surface area contributed by atoms with E-state index in [4.69, 9.17) is 16.7 Å². The average Bonchev–Trinajstić information content (AvgIpc) is 2.78. The zero-order chi connectivity index (χ0) is 15.5. The third kappa shape index (κ3) is 4.93. The number of nitrogens with zero attached hydrogens (tertiary/aromatic N) is 1. The van der Waals surface area contributed by atoms with Crippen LogP contribution in [0.1, 0.15) is 12.0 Å². The van der Waals surface area contributed by atoms with E-state index in [2.05, 4.69) is 0 Å². The molecule has 2 atom stereocenters. The van der Waals surface area contributed by atoms with E-state index in [9.17, 15) is 13.5 Å². The predicted octanol–water partition coefficient (Wildman–Crippen LogP) is 0.682. The minimum Gasteiger partial charge on any atom is -0.394 e. The number of aliphatic hydroxyl groups is 2. The first-order chi connectivity index (χ1) is 9.89. The van der Waals surface area contributed by atoms with Crippen molar-refractivity contribution < 1.29 is 18.6 Å². The van der Waals surface area contributed by atoms with E-state index in [0.717, 1.165) is 5.56 Å². The van der Waals surface area contributed by atoms with Gasteiger partial charge in [0, 0.05) is 24.2 Å². The summed E-state index contributed by atoms with van der Waals surface area (Å²) in [4.78, 5) is 1.91. The number of aliphatic hydroxyl groups excluding tert-OH is 2. The zero-order valence-electron chi connectivity index (χ0n) is 11.7. The molecular formula is C14H20ClNO4S. The molecule has 1 aromatic carbocycles. The van der Waals surface area contributed by atoms with Crippen molar-refractivity contribution in [1.82, 2.24) is 4.90 Å². The first kappa shape index (κ1) is 16.7. The van der Waals surface area contributed by atoms with Crippen molar-refractivity contribution in [2.75, 3.05) is 24.7 Å². The molecule has 0 radical (unpaired) electrons. The molecule has 0 unspecified atom stereocenters. The Labute approximate surface area is 130 Å². The van der Waals surface area contributed by atoms with Gasteiger partial charge in [0.25, 0.3) is 0 Å². The number of hydrogen-bond acceptors (Lipinski definition) is 5. The van der Waals surface area contributed by atoms with Gasteiger partial charge >= 0.3 is 0 Å². The summed E-state index contributed by atoms with van der Waals surface area (Å²) in [6.45, 7) is 0.395. The molecular weight excluding hydrogens is 314 g/mol. The van der Waals surface area contributed by atoms with Crippen molar-refractivity contribution >= 4 is 21.4 Å². The molecule has 5 nitrogen and oxygen atoms in total. The molecule has 0 spiro atoms. The Balaban J connectivity index is 2.12. The fraction of sp³-hybridized carbons (Fsp3) is 0.571. The van der Waals surface area contributed by atoms with Gasteiger partial charge < -0.3 is 10.2 Å². The lowest BCUT2D eigenvalue weighted by atomic mass is 10.1. The maximum Gasteiger partial charge on any atom is 0.151 e. The molecule has 0 aliphatic carbocycles. The summed E-state index contributed by atoms with van der Waals surface area (Å²) in [7, 11) is -3.00. The van der Waals surface area contributed by atoms with Crippen LogP contribution < -0.4 is 0 Å². The lowest BCUT2D eigenvalue weighted by molar-refractivity contribution is 0.0447. The van der Waals surface area contributed by atoms with E-state index in [-0.39, 0.29) is 30.7 Å². The fourth-order valence-electron chi connectivity index (χ4n) is 2.60. The van der Waals surface area contributed by atoms with Crippen LogP contribution in [0.4, 0.5) is 0 Å². The van der Waals surface area contributed by atoms with Crippen LogP contribution in [0.25, 0.3) is 0 Å². The molecule has 1 aliphatic rings. The van der Waals surface area contributed by atoms with E-state index >= 15 is 0 Å². The minimum absolute atomic E-state index is 0.103. The van der Waals surface area contributed by atoms with Gasteiger partial charge in [-0.15, -0.1) is 0 Å². The quantitative estimate of drug-likeness (QED) is 0.800. The molecule has 0 aromatic heterocycles. The Morgan fingerprint density at radius 1 is 1.43 bits per heavy atom. The molecule has 1 aliphatic heterocycles. The number of hydrogen-bond donors (Lipinski definition) is 2. The summed E-state index contributed by atoms with van der Waals surface area (Å²) in [5, 5.41) is 19.3. The van der Waals surface area contributed by atoms with Gasteiger partial charge in [0.05, 0.1) is 24.2 Å². The summed E-state index contributed by atoms with van der Waals surface area (Å²) < 4.78 is 23.3. The van der Waals surface area contributed by atoms with Crippen LogP contribution in [-0.4, -0.2) is 60.3 Å². The third-order valence-electron chi connectivity index (χ3n) is 3.66. The minimum atomic E-state index is -3.00. The van der Waals surface area contributed by atoms with Crippen LogP contribution in [0.5, 0.6) is 0 Å². The normalized spacial score (nSPS) is 22.6. The van der Waals surface area contributed by atoms with Crippen LogP contribution in [0.3, 0.4) is 0 Å². The standard InChI is InChI=1S/C14H20ClNO4S/c15-12-3-1-2-11(6-12)7-16(8-14(18)9-17)13-4-5-21(19,20)10-13/h1-3,6,13-14,17-18H,4-5,7-10H2/t13-,14-/m0/s1. The van der Waals surface area contributed by atoms with Crippen LogP contribution >= 0.6 is 11.6 Å². The van der Waals surface area contributed by atoms with Crippen molar-refractivity contribution in [3.05, 3.63) is 34.9 Å². The van der Waals surface area contributed by atoms with Crippen molar-refractivity contribution in [1.29, 1.82) is 0 Å².